The predicted octanol–water partition coefficient (Wildman–Crippen LogP) is 1.44. The summed E-state index contributed by atoms with van der Waals surface area (Å²) >= 11 is 0. The lowest BCUT2D eigenvalue weighted by Gasteiger charge is -2.07. The number of carbonyl (C=O) groups excluding carboxylic acids is 1. The highest BCUT2D eigenvalue weighted by molar-refractivity contribution is 5.78. The van der Waals surface area contributed by atoms with Crippen LogP contribution in [0.15, 0.2) is 0 Å². The monoisotopic (exact) mass is 223 g/mol. The van der Waals surface area contributed by atoms with Crippen molar-refractivity contribution in [2.75, 3.05) is 7.05 Å². The van der Waals surface area contributed by atoms with Crippen molar-refractivity contribution in [3.8, 4) is 0 Å². The first-order chi connectivity index (χ1) is 7.45. The average Bonchev–Trinajstić information content (AvgIpc) is 2.45. The molecule has 90 valence electrons. The molecule has 0 aliphatic rings. The molecule has 0 aromatic carbocycles. The van der Waals surface area contributed by atoms with E-state index in [1.807, 2.05) is 18.5 Å². The van der Waals surface area contributed by atoms with Crippen molar-refractivity contribution < 1.29 is 4.79 Å². The van der Waals surface area contributed by atoms with Crippen molar-refractivity contribution in [2.24, 2.45) is 5.92 Å². The predicted molar refractivity (Wildman–Crippen MR) is 64.3 cm³/mol. The van der Waals surface area contributed by atoms with Crippen molar-refractivity contribution in [1.82, 2.24) is 15.1 Å². The minimum Gasteiger partial charge on any atom is -0.359 e. The first-order valence-electron chi connectivity index (χ1n) is 5.69. The maximum absolute atomic E-state index is 11.4. The number of amides is 1. The van der Waals surface area contributed by atoms with Gasteiger partial charge in [0.1, 0.15) is 0 Å². The number of rotatable bonds is 4. The summed E-state index contributed by atoms with van der Waals surface area (Å²) in [4.78, 5) is 11.4. The lowest BCUT2D eigenvalue weighted by atomic mass is 10.1. The molecule has 1 N–H and O–H groups in total. The molecule has 4 nitrogen and oxygen atoms in total. The molecule has 0 fully saturated rings. The molecule has 0 aliphatic carbocycles. The molecule has 0 unspecified atom stereocenters. The molecule has 0 saturated heterocycles. The lowest BCUT2D eigenvalue weighted by Crippen LogP contribution is -2.20. The van der Waals surface area contributed by atoms with Crippen LogP contribution in [0.4, 0.5) is 0 Å². The Kier molecular flexibility index (Phi) is 4.10. The Morgan fingerprint density at radius 2 is 2.06 bits per heavy atom. The first-order valence-corrected chi connectivity index (χ1v) is 5.69. The van der Waals surface area contributed by atoms with Gasteiger partial charge in [-0.05, 0) is 19.8 Å². The van der Waals surface area contributed by atoms with E-state index in [1.54, 1.807) is 7.05 Å². The third kappa shape index (κ3) is 2.84. The van der Waals surface area contributed by atoms with Crippen molar-refractivity contribution in [2.45, 2.75) is 40.7 Å². The summed E-state index contributed by atoms with van der Waals surface area (Å²) in [5, 5.41) is 7.12. The van der Waals surface area contributed by atoms with Gasteiger partial charge in [-0.1, -0.05) is 13.8 Å². The molecule has 1 rings (SSSR count). The van der Waals surface area contributed by atoms with E-state index in [2.05, 4.69) is 24.3 Å². The number of hydrogen-bond acceptors (Lipinski definition) is 2. The molecular weight excluding hydrogens is 202 g/mol. The molecule has 0 aliphatic heterocycles. The van der Waals surface area contributed by atoms with Gasteiger partial charge in [0.2, 0.25) is 5.91 Å². The largest absolute Gasteiger partial charge is 0.359 e. The van der Waals surface area contributed by atoms with E-state index in [1.165, 1.54) is 0 Å². The maximum Gasteiger partial charge on any atom is 0.224 e. The number of aryl methyl sites for hydroxylation is 1. The quantitative estimate of drug-likeness (QED) is 0.839. The van der Waals surface area contributed by atoms with Crippen LogP contribution in [0, 0.1) is 19.8 Å². The fraction of sp³-hybridized carbons (Fsp3) is 0.667. The Balaban J connectivity index is 2.93. The van der Waals surface area contributed by atoms with Crippen LogP contribution in [0.5, 0.6) is 0 Å². The zero-order valence-electron chi connectivity index (χ0n) is 10.8. The van der Waals surface area contributed by atoms with E-state index in [4.69, 9.17) is 0 Å². The fourth-order valence-electron chi connectivity index (χ4n) is 1.76. The Morgan fingerprint density at radius 1 is 1.44 bits per heavy atom. The summed E-state index contributed by atoms with van der Waals surface area (Å²) in [6.07, 6.45) is 0.423. The van der Waals surface area contributed by atoms with Crippen LogP contribution in [0.25, 0.3) is 0 Å². The number of nitrogens with zero attached hydrogens (tertiary/aromatic N) is 2. The van der Waals surface area contributed by atoms with Gasteiger partial charge in [-0.3, -0.25) is 9.48 Å². The maximum atomic E-state index is 11.4. The Labute approximate surface area is 97.0 Å². The standard InChI is InChI=1S/C12H21N3O/c1-8(2)7-15-10(4)11(9(3)14-15)6-12(16)13-5/h8H,6-7H2,1-5H3,(H,13,16). The number of likely N-dealkylation sites (N-methyl/N-ethyl adjacent to an activating group) is 1. The zero-order valence-corrected chi connectivity index (χ0v) is 10.8. The molecule has 16 heavy (non-hydrogen) atoms. The minimum absolute atomic E-state index is 0.0373. The number of carbonyl (C=O) groups is 1. The first kappa shape index (κ1) is 12.7. The third-order valence-electron chi connectivity index (χ3n) is 2.69. The molecule has 0 radical (unpaired) electrons. The van der Waals surface area contributed by atoms with Crippen molar-refractivity contribution in [1.29, 1.82) is 0 Å². The van der Waals surface area contributed by atoms with Gasteiger partial charge in [0.05, 0.1) is 12.1 Å². The molecule has 0 saturated carbocycles. The Morgan fingerprint density at radius 3 is 2.56 bits per heavy atom. The number of aromatic nitrogens is 2. The van der Waals surface area contributed by atoms with Crippen molar-refractivity contribution in [3.63, 3.8) is 0 Å². The van der Waals surface area contributed by atoms with Gasteiger partial charge in [-0.2, -0.15) is 5.10 Å². The average molecular weight is 223 g/mol. The van der Waals surface area contributed by atoms with Crippen molar-refractivity contribution in [3.05, 3.63) is 17.0 Å². The van der Waals surface area contributed by atoms with Gasteiger partial charge in [0, 0.05) is 24.8 Å². The van der Waals surface area contributed by atoms with Crippen LogP contribution in [0.2, 0.25) is 0 Å². The van der Waals surface area contributed by atoms with Crippen LogP contribution < -0.4 is 5.32 Å². The Hall–Kier alpha value is -1.32. The van der Waals surface area contributed by atoms with Gasteiger partial charge in [-0.15, -0.1) is 0 Å². The van der Waals surface area contributed by atoms with Gasteiger partial charge in [0.25, 0.3) is 0 Å². The normalized spacial score (nSPS) is 10.9. The SMILES string of the molecule is CNC(=O)Cc1c(C)nn(CC(C)C)c1C. The molecule has 1 aromatic rings. The molecule has 4 heteroatoms. The Bertz CT molecular complexity index is 380. The van der Waals surface area contributed by atoms with Crippen LogP contribution in [0.3, 0.4) is 0 Å². The molecule has 1 amide bonds. The molecule has 0 atom stereocenters. The molecular formula is C12H21N3O. The number of hydrogen-bond donors (Lipinski definition) is 1. The second kappa shape index (κ2) is 5.14. The molecule has 0 bridgehead atoms. The molecule has 1 heterocycles. The third-order valence-corrected chi connectivity index (χ3v) is 2.69. The van der Waals surface area contributed by atoms with Crippen LogP contribution in [0.1, 0.15) is 30.8 Å². The lowest BCUT2D eigenvalue weighted by molar-refractivity contribution is -0.119. The van der Waals surface area contributed by atoms with E-state index in [0.29, 0.717) is 12.3 Å². The van der Waals surface area contributed by atoms with Gasteiger partial charge in [-0.25, -0.2) is 0 Å². The van der Waals surface area contributed by atoms with E-state index in [-0.39, 0.29) is 5.91 Å². The van der Waals surface area contributed by atoms with Crippen LogP contribution >= 0.6 is 0 Å². The highest BCUT2D eigenvalue weighted by Gasteiger charge is 2.14. The highest BCUT2D eigenvalue weighted by atomic mass is 16.1. The van der Waals surface area contributed by atoms with Gasteiger partial charge < -0.3 is 5.32 Å². The second-order valence-electron chi connectivity index (χ2n) is 4.58. The van der Waals surface area contributed by atoms with E-state index >= 15 is 0 Å². The summed E-state index contributed by atoms with van der Waals surface area (Å²) in [7, 11) is 1.66. The smallest absolute Gasteiger partial charge is 0.224 e. The summed E-state index contributed by atoms with van der Waals surface area (Å²) < 4.78 is 2.00. The van der Waals surface area contributed by atoms with E-state index in [9.17, 15) is 4.79 Å². The van der Waals surface area contributed by atoms with Crippen LogP contribution in [-0.4, -0.2) is 22.7 Å². The fourth-order valence-corrected chi connectivity index (χ4v) is 1.76. The summed E-state index contributed by atoms with van der Waals surface area (Å²) in [6.45, 7) is 9.22. The number of nitrogens with one attached hydrogen (secondary N) is 1. The van der Waals surface area contributed by atoms with Crippen LogP contribution in [-0.2, 0) is 17.8 Å². The topological polar surface area (TPSA) is 46.9 Å². The molecule has 0 spiro atoms. The minimum atomic E-state index is 0.0373. The van der Waals surface area contributed by atoms with Gasteiger partial charge in [0.15, 0.2) is 0 Å². The second-order valence-corrected chi connectivity index (χ2v) is 4.58. The summed E-state index contributed by atoms with van der Waals surface area (Å²) in [5.74, 6) is 0.598. The van der Waals surface area contributed by atoms with Gasteiger partial charge >= 0.3 is 0 Å². The van der Waals surface area contributed by atoms with E-state index < -0.39 is 0 Å². The summed E-state index contributed by atoms with van der Waals surface area (Å²) in [5.41, 5.74) is 3.12. The zero-order chi connectivity index (χ0) is 12.3. The summed E-state index contributed by atoms with van der Waals surface area (Å²) in [6, 6.07) is 0. The molecule has 1 aromatic heterocycles. The highest BCUT2D eigenvalue weighted by Crippen LogP contribution is 2.15. The van der Waals surface area contributed by atoms with E-state index in [0.717, 1.165) is 23.5 Å². The van der Waals surface area contributed by atoms with Crippen molar-refractivity contribution >= 4 is 5.91 Å².